The van der Waals surface area contributed by atoms with Crippen molar-refractivity contribution in [3.05, 3.63) is 58.6 Å². The van der Waals surface area contributed by atoms with Crippen molar-refractivity contribution in [2.45, 2.75) is 23.7 Å². The molecular formula is C19H17ClF3N3O6S2. The van der Waals surface area contributed by atoms with Crippen LogP contribution in [0.3, 0.4) is 0 Å². The molecule has 1 atom stereocenters. The summed E-state index contributed by atoms with van der Waals surface area (Å²) in [6.45, 7) is -1.38. The van der Waals surface area contributed by atoms with Crippen molar-refractivity contribution in [2.24, 2.45) is 0 Å². The zero-order valence-corrected chi connectivity index (χ0v) is 19.5. The van der Waals surface area contributed by atoms with Gasteiger partial charge in [0, 0.05) is 23.7 Å². The van der Waals surface area contributed by atoms with Crippen LogP contribution in [0, 0.1) is 0 Å². The fourth-order valence-electron chi connectivity index (χ4n) is 2.84. The van der Waals surface area contributed by atoms with Gasteiger partial charge in [0.05, 0.1) is 5.75 Å². The first-order chi connectivity index (χ1) is 15.8. The van der Waals surface area contributed by atoms with E-state index in [2.05, 4.69) is 10.3 Å². The third kappa shape index (κ3) is 6.76. The highest BCUT2D eigenvalue weighted by atomic mass is 35.5. The average Bonchev–Trinajstić information content (AvgIpc) is 3.16. The molecule has 0 aliphatic heterocycles. The molecule has 2 N–H and O–H groups in total. The number of nitrogens with one attached hydrogen (secondary N) is 1. The Hall–Kier alpha value is -2.52. The fourth-order valence-corrected chi connectivity index (χ4v) is 4.58. The Morgan fingerprint density at radius 1 is 1.21 bits per heavy atom. The largest absolute Gasteiger partial charge is 0.475 e. The van der Waals surface area contributed by atoms with E-state index in [-0.39, 0.29) is 28.7 Å². The zero-order valence-electron chi connectivity index (χ0n) is 17.1. The molecule has 15 heteroatoms. The highest BCUT2D eigenvalue weighted by molar-refractivity contribution is 7.84. The Morgan fingerprint density at radius 2 is 1.88 bits per heavy atom. The maximum Gasteiger partial charge on any atom is 0.475 e. The summed E-state index contributed by atoms with van der Waals surface area (Å²) in [5.41, 5.74) is 1.39. The number of nitrogens with zero attached hydrogens (tertiary/aromatic N) is 2. The lowest BCUT2D eigenvalue weighted by Crippen LogP contribution is -2.43. The Kier molecular flexibility index (Phi) is 7.98. The summed E-state index contributed by atoms with van der Waals surface area (Å²) in [6.07, 6.45) is -5.70. The number of benzene rings is 2. The Labute approximate surface area is 199 Å². The van der Waals surface area contributed by atoms with Crippen molar-refractivity contribution < 1.29 is 39.6 Å². The van der Waals surface area contributed by atoms with Crippen LogP contribution < -0.4 is 5.32 Å². The van der Waals surface area contributed by atoms with Gasteiger partial charge in [-0.2, -0.15) is 21.6 Å². The summed E-state index contributed by atoms with van der Waals surface area (Å²) in [7, 11) is -7.08. The number of rotatable bonds is 9. The molecule has 1 unspecified atom stereocenters. The van der Waals surface area contributed by atoms with Crippen LogP contribution in [-0.2, 0) is 26.9 Å². The minimum atomic E-state index is -5.48. The monoisotopic (exact) mass is 539 g/mol. The number of alkyl halides is 3. The smallest absolute Gasteiger partial charge is 0.430 e. The molecule has 0 aliphatic rings. The highest BCUT2D eigenvalue weighted by Crippen LogP contribution is 2.24. The Balaban J connectivity index is 1.61. The lowest BCUT2D eigenvalue weighted by molar-refractivity contribution is -0.212. The van der Waals surface area contributed by atoms with Gasteiger partial charge in [-0.25, -0.2) is 9.19 Å². The molecule has 1 amide bonds. The van der Waals surface area contributed by atoms with Gasteiger partial charge in [-0.15, -0.1) is 0 Å². The molecular weight excluding hydrogens is 523 g/mol. The SMILES string of the molecule is O=C(NCCCN(C(F)(F)F)S(=O)(=O)O)c1ccc2nc(S(=O)Cc3ccc(Cl)cc3)oc2c1. The molecule has 9 nitrogen and oxygen atoms in total. The van der Waals surface area contributed by atoms with E-state index >= 15 is 0 Å². The van der Waals surface area contributed by atoms with Crippen molar-refractivity contribution in [1.29, 1.82) is 0 Å². The average molecular weight is 540 g/mol. The lowest BCUT2D eigenvalue weighted by Gasteiger charge is -2.20. The molecule has 0 fully saturated rings. The van der Waals surface area contributed by atoms with Gasteiger partial charge in [0.25, 0.3) is 11.1 Å². The third-order valence-corrected chi connectivity index (χ3v) is 6.78. The number of halogens is 4. The maximum atomic E-state index is 12.7. The first-order valence-corrected chi connectivity index (χ1v) is 12.6. The molecule has 0 radical (unpaired) electrons. The van der Waals surface area contributed by atoms with Crippen LogP contribution in [0.5, 0.6) is 0 Å². The minimum Gasteiger partial charge on any atom is -0.430 e. The summed E-state index contributed by atoms with van der Waals surface area (Å²) in [5.74, 6) is -0.525. The first-order valence-electron chi connectivity index (χ1n) is 9.48. The van der Waals surface area contributed by atoms with Gasteiger partial charge in [-0.05, 0) is 42.3 Å². The van der Waals surface area contributed by atoms with Gasteiger partial charge in [0.2, 0.25) is 0 Å². The van der Waals surface area contributed by atoms with Crippen LogP contribution in [-0.4, -0.2) is 51.8 Å². The molecule has 0 aliphatic carbocycles. The summed E-state index contributed by atoms with van der Waals surface area (Å²) in [5, 5.41) is 2.84. The predicted octanol–water partition coefficient (Wildman–Crippen LogP) is 3.53. The fraction of sp³-hybridized carbons (Fsp3) is 0.263. The van der Waals surface area contributed by atoms with Gasteiger partial charge in [0.1, 0.15) is 16.3 Å². The predicted molar refractivity (Wildman–Crippen MR) is 117 cm³/mol. The molecule has 0 spiro atoms. The normalized spacial score (nSPS) is 13.4. The number of fused-ring (bicyclic) bond motifs is 1. The van der Waals surface area contributed by atoms with E-state index in [1.165, 1.54) is 18.2 Å². The van der Waals surface area contributed by atoms with E-state index in [0.717, 1.165) is 5.56 Å². The number of hydrogen-bond acceptors (Lipinski definition) is 6. The van der Waals surface area contributed by atoms with E-state index in [4.69, 9.17) is 20.6 Å². The Morgan fingerprint density at radius 3 is 2.50 bits per heavy atom. The van der Waals surface area contributed by atoms with Crippen LogP contribution in [0.2, 0.25) is 5.02 Å². The number of aromatic nitrogens is 1. The van der Waals surface area contributed by atoms with E-state index in [0.29, 0.717) is 10.5 Å². The molecule has 0 bridgehead atoms. The van der Waals surface area contributed by atoms with Crippen LogP contribution in [0.15, 0.2) is 52.1 Å². The van der Waals surface area contributed by atoms with E-state index in [9.17, 15) is 30.6 Å². The quantitative estimate of drug-likeness (QED) is 0.242. The van der Waals surface area contributed by atoms with Crippen LogP contribution in [0.25, 0.3) is 11.1 Å². The summed E-state index contributed by atoms with van der Waals surface area (Å²) < 4.78 is 85.4. The van der Waals surface area contributed by atoms with E-state index in [1.807, 2.05) is 0 Å². The van der Waals surface area contributed by atoms with Crippen LogP contribution in [0.1, 0.15) is 22.3 Å². The van der Waals surface area contributed by atoms with E-state index < -0.39 is 50.6 Å². The first kappa shape index (κ1) is 26.1. The maximum absolute atomic E-state index is 12.7. The molecule has 1 heterocycles. The molecule has 2 aromatic carbocycles. The van der Waals surface area contributed by atoms with Gasteiger partial charge >= 0.3 is 16.6 Å². The molecule has 0 saturated heterocycles. The second-order valence-corrected chi connectivity index (χ2v) is 10.0. The molecule has 3 rings (SSSR count). The van der Waals surface area contributed by atoms with Gasteiger partial charge < -0.3 is 9.73 Å². The summed E-state index contributed by atoms with van der Waals surface area (Å²) in [4.78, 5) is 16.4. The number of hydrogen-bond donors (Lipinski definition) is 2. The molecule has 0 saturated carbocycles. The van der Waals surface area contributed by atoms with E-state index in [1.54, 1.807) is 24.3 Å². The topological polar surface area (TPSA) is 130 Å². The van der Waals surface area contributed by atoms with Crippen molar-refractivity contribution >= 4 is 49.7 Å². The van der Waals surface area contributed by atoms with Crippen molar-refractivity contribution in [2.75, 3.05) is 13.1 Å². The standard InChI is InChI=1S/C19H17ClF3N3O6S2/c20-14-5-2-12(3-6-14)11-33(28)18-25-15-7-4-13(10-16(15)32-18)17(27)24-8-1-9-26(19(21,22)23)34(29,30)31/h2-7,10H,1,8-9,11H2,(H,24,27)(H,29,30,31). The van der Waals surface area contributed by atoms with Gasteiger partial charge in [-0.1, -0.05) is 28.0 Å². The highest BCUT2D eigenvalue weighted by Gasteiger charge is 2.44. The Bertz CT molecular complexity index is 1310. The minimum absolute atomic E-state index is 0.0417. The van der Waals surface area contributed by atoms with Crippen molar-refractivity contribution in [3.8, 4) is 0 Å². The summed E-state index contributed by atoms with van der Waals surface area (Å²) in [6, 6.07) is 10.9. The second-order valence-electron chi connectivity index (χ2n) is 6.91. The summed E-state index contributed by atoms with van der Waals surface area (Å²) >= 11 is 5.83. The molecule has 1 aromatic heterocycles. The molecule has 184 valence electrons. The number of carbonyl (C=O) groups is 1. The lowest BCUT2D eigenvalue weighted by atomic mass is 10.2. The van der Waals surface area contributed by atoms with Gasteiger partial charge in [-0.3, -0.25) is 9.35 Å². The number of carbonyl (C=O) groups excluding carboxylic acids is 1. The zero-order chi connectivity index (χ0) is 25.1. The van der Waals surface area contributed by atoms with Crippen LogP contribution in [0.4, 0.5) is 13.2 Å². The van der Waals surface area contributed by atoms with Crippen molar-refractivity contribution in [1.82, 2.24) is 14.6 Å². The molecule has 3 aromatic rings. The number of amides is 1. The van der Waals surface area contributed by atoms with Crippen LogP contribution >= 0.6 is 11.6 Å². The number of oxazole rings is 1. The van der Waals surface area contributed by atoms with Crippen molar-refractivity contribution in [3.63, 3.8) is 0 Å². The molecule has 34 heavy (non-hydrogen) atoms. The second kappa shape index (κ2) is 10.4. The van der Waals surface area contributed by atoms with Gasteiger partial charge in [0.15, 0.2) is 5.58 Å². The third-order valence-electron chi connectivity index (χ3n) is 4.42.